The van der Waals surface area contributed by atoms with Gasteiger partial charge in [-0.25, -0.2) is 4.79 Å². The van der Waals surface area contributed by atoms with E-state index < -0.39 is 5.97 Å². The van der Waals surface area contributed by atoms with E-state index in [9.17, 15) is 9.59 Å². The number of amides is 1. The fourth-order valence-electron chi connectivity index (χ4n) is 1.57. The second-order valence-corrected chi connectivity index (χ2v) is 5.17. The number of aromatic carboxylic acids is 1. The van der Waals surface area contributed by atoms with Crippen molar-refractivity contribution in [3.63, 3.8) is 0 Å². The van der Waals surface area contributed by atoms with E-state index in [1.54, 1.807) is 18.2 Å². The SMILES string of the molecule is O=C(O)c1ccc(NC(=O)c2cccc(Br)c2Cl)cc1. The number of benzene rings is 2. The molecule has 0 atom stereocenters. The van der Waals surface area contributed by atoms with Gasteiger partial charge in [-0.15, -0.1) is 0 Å². The van der Waals surface area contributed by atoms with Gasteiger partial charge in [0.25, 0.3) is 5.91 Å². The number of carbonyl (C=O) groups excluding carboxylic acids is 1. The predicted molar refractivity (Wildman–Crippen MR) is 80.5 cm³/mol. The summed E-state index contributed by atoms with van der Waals surface area (Å²) in [5, 5.41) is 11.8. The van der Waals surface area contributed by atoms with Gasteiger partial charge >= 0.3 is 5.97 Å². The summed E-state index contributed by atoms with van der Waals surface area (Å²) in [6, 6.07) is 10.9. The van der Waals surface area contributed by atoms with Gasteiger partial charge < -0.3 is 10.4 Å². The molecule has 0 saturated heterocycles. The van der Waals surface area contributed by atoms with Gasteiger partial charge in [-0.2, -0.15) is 0 Å². The first kappa shape index (κ1) is 14.6. The highest BCUT2D eigenvalue weighted by Gasteiger charge is 2.12. The van der Waals surface area contributed by atoms with Crippen molar-refractivity contribution in [2.24, 2.45) is 0 Å². The standard InChI is InChI=1S/C14H9BrClNO3/c15-11-3-1-2-10(12(11)16)13(18)17-9-6-4-8(5-7-9)14(19)20/h1-7H,(H,17,18)(H,19,20). The van der Waals surface area contributed by atoms with Gasteiger partial charge in [0.15, 0.2) is 0 Å². The maximum atomic E-state index is 12.1. The fraction of sp³-hybridized carbons (Fsp3) is 0. The van der Waals surface area contributed by atoms with Gasteiger partial charge in [0.1, 0.15) is 0 Å². The van der Waals surface area contributed by atoms with E-state index in [1.165, 1.54) is 24.3 Å². The first-order valence-corrected chi connectivity index (χ1v) is 6.75. The Morgan fingerprint density at radius 1 is 1.10 bits per heavy atom. The van der Waals surface area contributed by atoms with Crippen LogP contribution in [0, 0.1) is 0 Å². The lowest BCUT2D eigenvalue weighted by Gasteiger charge is -2.08. The van der Waals surface area contributed by atoms with Crippen molar-refractivity contribution in [3.05, 3.63) is 63.1 Å². The Morgan fingerprint density at radius 2 is 1.75 bits per heavy atom. The molecular weight excluding hydrogens is 346 g/mol. The van der Waals surface area contributed by atoms with Crippen LogP contribution in [0.4, 0.5) is 5.69 Å². The first-order chi connectivity index (χ1) is 9.49. The average molecular weight is 355 g/mol. The molecule has 0 heterocycles. The molecule has 2 aromatic carbocycles. The summed E-state index contributed by atoms with van der Waals surface area (Å²) in [5.41, 5.74) is 0.989. The molecule has 2 N–H and O–H groups in total. The molecule has 2 rings (SSSR count). The lowest BCUT2D eigenvalue weighted by atomic mass is 10.2. The number of carboxylic acids is 1. The van der Waals surface area contributed by atoms with Crippen LogP contribution < -0.4 is 5.32 Å². The number of nitrogens with one attached hydrogen (secondary N) is 1. The summed E-state index contributed by atoms with van der Waals surface area (Å²) in [4.78, 5) is 22.8. The highest BCUT2D eigenvalue weighted by molar-refractivity contribution is 9.10. The molecule has 0 aliphatic heterocycles. The molecule has 2 aromatic rings. The van der Waals surface area contributed by atoms with E-state index in [4.69, 9.17) is 16.7 Å². The van der Waals surface area contributed by atoms with Crippen LogP contribution in [0.2, 0.25) is 5.02 Å². The smallest absolute Gasteiger partial charge is 0.335 e. The zero-order valence-corrected chi connectivity index (χ0v) is 12.4. The topological polar surface area (TPSA) is 66.4 Å². The number of carbonyl (C=O) groups is 2. The molecule has 4 nitrogen and oxygen atoms in total. The molecule has 1 amide bonds. The van der Waals surface area contributed by atoms with Gasteiger partial charge in [-0.3, -0.25) is 4.79 Å². The monoisotopic (exact) mass is 353 g/mol. The maximum Gasteiger partial charge on any atom is 0.335 e. The molecule has 0 aliphatic carbocycles. The molecule has 102 valence electrons. The van der Waals surface area contributed by atoms with Crippen molar-refractivity contribution < 1.29 is 14.7 Å². The van der Waals surface area contributed by atoms with Crippen LogP contribution in [0.1, 0.15) is 20.7 Å². The Morgan fingerprint density at radius 3 is 2.35 bits per heavy atom. The minimum absolute atomic E-state index is 0.156. The minimum atomic E-state index is -1.02. The zero-order valence-electron chi connectivity index (χ0n) is 10.1. The van der Waals surface area contributed by atoms with Crippen molar-refractivity contribution >= 4 is 45.1 Å². The van der Waals surface area contributed by atoms with Crippen molar-refractivity contribution in [2.45, 2.75) is 0 Å². The molecule has 0 spiro atoms. The van der Waals surface area contributed by atoms with Crippen molar-refractivity contribution in [3.8, 4) is 0 Å². The molecule has 0 aliphatic rings. The minimum Gasteiger partial charge on any atom is -0.478 e. The van der Waals surface area contributed by atoms with E-state index in [2.05, 4.69) is 21.2 Å². The van der Waals surface area contributed by atoms with Gasteiger partial charge in [0.2, 0.25) is 0 Å². The van der Waals surface area contributed by atoms with Crippen LogP contribution >= 0.6 is 27.5 Å². The number of halogens is 2. The molecule has 0 saturated carbocycles. The molecule has 20 heavy (non-hydrogen) atoms. The average Bonchev–Trinajstić information content (AvgIpc) is 2.42. The normalized spacial score (nSPS) is 10.1. The van der Waals surface area contributed by atoms with Crippen LogP contribution in [0.15, 0.2) is 46.9 Å². The quantitative estimate of drug-likeness (QED) is 0.874. The number of hydrogen-bond acceptors (Lipinski definition) is 2. The molecule has 0 fully saturated rings. The summed E-state index contributed by atoms with van der Waals surface area (Å²) in [6.45, 7) is 0. The third-order valence-corrected chi connectivity index (χ3v) is 3.88. The first-order valence-electron chi connectivity index (χ1n) is 5.58. The number of carboxylic acid groups (broad SMARTS) is 1. The Kier molecular flexibility index (Phi) is 4.42. The van der Waals surface area contributed by atoms with Crippen LogP contribution in [0.5, 0.6) is 0 Å². The van der Waals surface area contributed by atoms with Crippen LogP contribution in [-0.2, 0) is 0 Å². The Bertz CT molecular complexity index is 671. The molecule has 0 unspecified atom stereocenters. The van der Waals surface area contributed by atoms with E-state index in [1.807, 2.05) is 0 Å². The molecule has 0 radical (unpaired) electrons. The molecule has 6 heteroatoms. The van der Waals surface area contributed by atoms with Crippen LogP contribution in [-0.4, -0.2) is 17.0 Å². The highest BCUT2D eigenvalue weighted by atomic mass is 79.9. The molecule has 0 aromatic heterocycles. The van der Waals surface area contributed by atoms with E-state index in [-0.39, 0.29) is 11.5 Å². The number of hydrogen-bond donors (Lipinski definition) is 2. The van der Waals surface area contributed by atoms with Crippen LogP contribution in [0.3, 0.4) is 0 Å². The molecule has 0 bridgehead atoms. The van der Waals surface area contributed by atoms with Gasteiger partial charge in [-0.1, -0.05) is 17.7 Å². The number of anilines is 1. The lowest BCUT2D eigenvalue weighted by molar-refractivity contribution is 0.0696. The van der Waals surface area contributed by atoms with Crippen molar-refractivity contribution in [2.75, 3.05) is 5.32 Å². The van der Waals surface area contributed by atoms with Gasteiger partial charge in [0.05, 0.1) is 16.1 Å². The van der Waals surface area contributed by atoms with Gasteiger partial charge in [-0.05, 0) is 52.3 Å². The van der Waals surface area contributed by atoms with E-state index in [0.717, 1.165) is 0 Å². The summed E-state index contributed by atoms with van der Waals surface area (Å²) < 4.78 is 0.632. The summed E-state index contributed by atoms with van der Waals surface area (Å²) in [6.07, 6.45) is 0. The summed E-state index contributed by atoms with van der Waals surface area (Å²) in [5.74, 6) is -1.38. The summed E-state index contributed by atoms with van der Waals surface area (Å²) in [7, 11) is 0. The maximum absolute atomic E-state index is 12.1. The van der Waals surface area contributed by atoms with Gasteiger partial charge in [0, 0.05) is 10.2 Å². The van der Waals surface area contributed by atoms with Crippen LogP contribution in [0.25, 0.3) is 0 Å². The third kappa shape index (κ3) is 3.18. The zero-order chi connectivity index (χ0) is 14.7. The Balaban J connectivity index is 2.19. The fourth-order valence-corrected chi connectivity index (χ4v) is 2.15. The second-order valence-electron chi connectivity index (χ2n) is 3.94. The highest BCUT2D eigenvalue weighted by Crippen LogP contribution is 2.26. The molecular formula is C14H9BrClNO3. The predicted octanol–water partition coefficient (Wildman–Crippen LogP) is 4.05. The lowest BCUT2D eigenvalue weighted by Crippen LogP contribution is -2.12. The second kappa shape index (κ2) is 6.07. The summed E-state index contributed by atoms with van der Waals surface area (Å²) >= 11 is 9.28. The van der Waals surface area contributed by atoms with E-state index in [0.29, 0.717) is 20.7 Å². The Hall–Kier alpha value is -1.85. The largest absolute Gasteiger partial charge is 0.478 e. The Labute approximate surface area is 128 Å². The van der Waals surface area contributed by atoms with E-state index >= 15 is 0 Å². The van der Waals surface area contributed by atoms with Crippen molar-refractivity contribution in [1.29, 1.82) is 0 Å². The van der Waals surface area contributed by atoms with Crippen molar-refractivity contribution in [1.82, 2.24) is 0 Å². The number of rotatable bonds is 3. The third-order valence-electron chi connectivity index (χ3n) is 2.59.